The van der Waals surface area contributed by atoms with E-state index in [1.54, 1.807) is 0 Å². The van der Waals surface area contributed by atoms with E-state index in [1.165, 1.54) is 44.5 Å². The molecule has 0 saturated heterocycles. The lowest BCUT2D eigenvalue weighted by atomic mass is 9.62. The monoisotopic (exact) mass is 901 g/mol. The Bertz CT molecular complexity index is 3290. The second kappa shape index (κ2) is 17.0. The predicted molar refractivity (Wildman–Crippen MR) is 289 cm³/mol. The first-order valence-electron chi connectivity index (χ1n) is 24.4. The Balaban J connectivity index is 1.23. The molecule has 0 N–H and O–H groups in total. The van der Waals surface area contributed by atoms with Gasteiger partial charge in [0.25, 0.3) is 0 Å². The molecule has 0 fully saturated rings. The van der Waals surface area contributed by atoms with Gasteiger partial charge in [0.15, 0.2) is 0 Å². The molecule has 0 aliphatic carbocycles. The number of aromatic nitrogens is 2. The topological polar surface area (TPSA) is 38.2 Å². The van der Waals surface area contributed by atoms with Gasteiger partial charge in [0.2, 0.25) is 0 Å². The maximum Gasteiger partial charge on any atom is 0.128 e. The molecule has 7 aromatic carbocycles. The standard InChI is InChI=1S/C65H63N3O/c1-42-18-16-19-43(2)60(42)45-36-46(61-54-23-13-12-20-44(54)33-35-67-61)38-53(37-45)69-52-22-17-21-50(39-52)65(59-24-14-15-34-66-59)55-40-48(63(6,7)8)27-31-57(55)68(51-29-25-47(26-30-51)62(3,4)5)58-32-28-49(41-56(58)65)64(9,10)11/h12-41H,1-11H3. The van der Waals surface area contributed by atoms with Crippen LogP contribution in [0.5, 0.6) is 11.5 Å². The minimum Gasteiger partial charge on any atom is -0.457 e. The van der Waals surface area contributed by atoms with Crippen molar-refractivity contribution in [2.75, 3.05) is 4.90 Å². The Morgan fingerprint density at radius 1 is 0.464 bits per heavy atom. The maximum atomic E-state index is 7.21. The first-order valence-corrected chi connectivity index (χ1v) is 24.4. The van der Waals surface area contributed by atoms with Crippen molar-refractivity contribution in [3.8, 4) is 33.9 Å². The summed E-state index contributed by atoms with van der Waals surface area (Å²) in [6.07, 6.45) is 3.85. The number of benzene rings is 7. The third-order valence-corrected chi connectivity index (χ3v) is 14.2. The number of rotatable bonds is 7. The highest BCUT2D eigenvalue weighted by molar-refractivity contribution is 5.96. The summed E-state index contributed by atoms with van der Waals surface area (Å²) < 4.78 is 7.21. The van der Waals surface area contributed by atoms with Crippen molar-refractivity contribution in [2.24, 2.45) is 0 Å². The van der Waals surface area contributed by atoms with E-state index in [9.17, 15) is 0 Å². The highest BCUT2D eigenvalue weighted by Crippen LogP contribution is 2.59. The van der Waals surface area contributed by atoms with Gasteiger partial charge in [0.05, 0.1) is 28.2 Å². The fraction of sp³-hybridized carbons (Fsp3) is 0.231. The Morgan fingerprint density at radius 3 is 1.68 bits per heavy atom. The van der Waals surface area contributed by atoms with E-state index in [0.717, 1.165) is 67.4 Å². The maximum absolute atomic E-state index is 7.21. The lowest BCUT2D eigenvalue weighted by Crippen LogP contribution is -2.39. The van der Waals surface area contributed by atoms with Crippen molar-refractivity contribution < 1.29 is 4.74 Å². The summed E-state index contributed by atoms with van der Waals surface area (Å²) in [5.41, 5.74) is 17.1. The second-order valence-electron chi connectivity index (χ2n) is 22.1. The van der Waals surface area contributed by atoms with E-state index in [4.69, 9.17) is 14.7 Å². The van der Waals surface area contributed by atoms with Crippen LogP contribution in [0.15, 0.2) is 182 Å². The van der Waals surface area contributed by atoms with Crippen molar-refractivity contribution in [3.63, 3.8) is 0 Å². The van der Waals surface area contributed by atoms with E-state index in [-0.39, 0.29) is 16.2 Å². The smallest absolute Gasteiger partial charge is 0.128 e. The molecule has 0 unspecified atom stereocenters. The SMILES string of the molecule is Cc1cccc(C)c1-c1cc(Oc2cccc(C3(c4ccccn4)c4cc(C(C)(C)C)ccc4N(c4ccc(C(C)(C)C)cc4)c4ccc(C(C)(C)C)cc43)c2)cc(-c2nccc3ccccc23)c1. The zero-order valence-corrected chi connectivity index (χ0v) is 42.1. The van der Waals surface area contributed by atoms with Crippen LogP contribution in [0, 0.1) is 13.8 Å². The first-order chi connectivity index (χ1) is 32.9. The van der Waals surface area contributed by atoms with Gasteiger partial charge in [0, 0.05) is 29.0 Å². The number of hydrogen-bond donors (Lipinski definition) is 0. The van der Waals surface area contributed by atoms with Gasteiger partial charge in [-0.3, -0.25) is 9.97 Å². The highest BCUT2D eigenvalue weighted by atomic mass is 16.5. The first kappa shape index (κ1) is 45.5. The molecule has 0 bridgehead atoms. The minimum atomic E-state index is -0.853. The van der Waals surface area contributed by atoms with Gasteiger partial charge in [-0.1, -0.05) is 159 Å². The van der Waals surface area contributed by atoms with Crippen LogP contribution >= 0.6 is 0 Å². The molecule has 0 saturated carbocycles. The molecule has 344 valence electrons. The van der Waals surface area contributed by atoms with Gasteiger partial charge in [-0.05, 0) is 164 Å². The van der Waals surface area contributed by atoms with E-state index in [2.05, 4.69) is 245 Å². The van der Waals surface area contributed by atoms with Crippen LogP contribution < -0.4 is 9.64 Å². The average Bonchev–Trinajstić information content (AvgIpc) is 3.32. The molecule has 69 heavy (non-hydrogen) atoms. The molecule has 0 atom stereocenters. The fourth-order valence-electron chi connectivity index (χ4n) is 10.5. The number of aryl methyl sites for hydroxylation is 2. The van der Waals surface area contributed by atoms with Crippen LogP contribution in [0.3, 0.4) is 0 Å². The highest BCUT2D eigenvalue weighted by Gasteiger charge is 2.49. The van der Waals surface area contributed by atoms with Crippen molar-refractivity contribution in [2.45, 2.75) is 97.8 Å². The molecule has 2 aromatic heterocycles. The zero-order valence-electron chi connectivity index (χ0n) is 42.1. The van der Waals surface area contributed by atoms with Crippen LogP contribution in [0.2, 0.25) is 0 Å². The summed E-state index contributed by atoms with van der Waals surface area (Å²) in [6, 6.07) is 62.2. The molecule has 1 aliphatic heterocycles. The van der Waals surface area contributed by atoms with Crippen LogP contribution in [0.4, 0.5) is 17.1 Å². The Kier molecular flexibility index (Phi) is 11.2. The van der Waals surface area contributed by atoms with Crippen LogP contribution in [-0.4, -0.2) is 9.97 Å². The lowest BCUT2D eigenvalue weighted by molar-refractivity contribution is 0.481. The molecule has 3 heterocycles. The molecule has 4 nitrogen and oxygen atoms in total. The molecule has 0 spiro atoms. The third kappa shape index (κ3) is 8.20. The number of ether oxygens (including phenoxy) is 1. The Labute approximate surface area is 409 Å². The summed E-state index contributed by atoms with van der Waals surface area (Å²) in [4.78, 5) is 12.8. The summed E-state index contributed by atoms with van der Waals surface area (Å²) in [7, 11) is 0. The van der Waals surface area contributed by atoms with E-state index in [0.29, 0.717) is 0 Å². The number of fused-ring (bicyclic) bond motifs is 3. The van der Waals surface area contributed by atoms with Gasteiger partial charge in [-0.25, -0.2) is 0 Å². The molecule has 4 heteroatoms. The second-order valence-corrected chi connectivity index (χ2v) is 22.1. The van der Waals surface area contributed by atoms with Crippen LogP contribution in [0.25, 0.3) is 33.2 Å². The van der Waals surface area contributed by atoms with Crippen molar-refractivity contribution >= 4 is 27.8 Å². The molecule has 0 radical (unpaired) electrons. The number of hydrogen-bond acceptors (Lipinski definition) is 4. The van der Waals surface area contributed by atoms with Gasteiger partial charge in [-0.15, -0.1) is 0 Å². The summed E-state index contributed by atoms with van der Waals surface area (Å²) in [5.74, 6) is 1.48. The van der Waals surface area contributed by atoms with Crippen LogP contribution in [0.1, 0.15) is 113 Å². The summed E-state index contributed by atoms with van der Waals surface area (Å²) in [5, 5.41) is 2.25. The van der Waals surface area contributed by atoms with Gasteiger partial charge >= 0.3 is 0 Å². The summed E-state index contributed by atoms with van der Waals surface area (Å²) >= 11 is 0. The van der Waals surface area contributed by atoms with Gasteiger partial charge in [-0.2, -0.15) is 0 Å². The van der Waals surface area contributed by atoms with Crippen molar-refractivity contribution in [1.29, 1.82) is 0 Å². The van der Waals surface area contributed by atoms with Crippen molar-refractivity contribution in [3.05, 3.63) is 232 Å². The molecule has 0 amide bonds. The fourth-order valence-corrected chi connectivity index (χ4v) is 10.5. The van der Waals surface area contributed by atoms with E-state index < -0.39 is 5.41 Å². The zero-order chi connectivity index (χ0) is 48.5. The van der Waals surface area contributed by atoms with Gasteiger partial charge in [0.1, 0.15) is 11.5 Å². The van der Waals surface area contributed by atoms with Crippen LogP contribution in [-0.2, 0) is 21.7 Å². The molecule has 10 rings (SSSR count). The predicted octanol–water partition coefficient (Wildman–Crippen LogP) is 17.4. The minimum absolute atomic E-state index is 0.0236. The number of anilines is 3. The average molecular weight is 902 g/mol. The third-order valence-electron chi connectivity index (χ3n) is 14.2. The Hall–Kier alpha value is -7.30. The van der Waals surface area contributed by atoms with Gasteiger partial charge < -0.3 is 9.64 Å². The quantitative estimate of drug-likeness (QED) is 0.160. The van der Waals surface area contributed by atoms with E-state index >= 15 is 0 Å². The number of nitrogens with zero attached hydrogens (tertiary/aromatic N) is 3. The summed E-state index contributed by atoms with van der Waals surface area (Å²) in [6.45, 7) is 25.0. The van der Waals surface area contributed by atoms with Crippen molar-refractivity contribution in [1.82, 2.24) is 9.97 Å². The molecular formula is C65H63N3O. The normalized spacial score (nSPS) is 13.5. The molecular weight excluding hydrogens is 839 g/mol. The van der Waals surface area contributed by atoms with E-state index in [1.807, 2.05) is 18.5 Å². The largest absolute Gasteiger partial charge is 0.457 e. The number of pyridine rings is 2. The molecule has 1 aliphatic rings. The Morgan fingerprint density at radius 2 is 1.06 bits per heavy atom. The molecule has 9 aromatic rings. The lowest BCUT2D eigenvalue weighted by Gasteiger charge is -2.47.